The van der Waals surface area contributed by atoms with E-state index in [1.807, 2.05) is 37.3 Å². The lowest BCUT2D eigenvalue weighted by Gasteiger charge is -2.17. The largest absolute Gasteiger partial charge is 0.493 e. The first-order valence-corrected chi connectivity index (χ1v) is 6.24. The van der Waals surface area contributed by atoms with E-state index in [0.717, 1.165) is 5.56 Å². The van der Waals surface area contributed by atoms with Crippen LogP contribution in [0, 0.1) is 0 Å². The smallest absolute Gasteiger partial charge is 0.335 e. The van der Waals surface area contributed by atoms with Crippen LogP contribution in [-0.2, 0) is 0 Å². The first kappa shape index (κ1) is 13.9. The average molecular weight is 272 g/mol. The molecule has 0 aliphatic heterocycles. The zero-order chi connectivity index (χ0) is 14.5. The Morgan fingerprint density at radius 3 is 2.40 bits per heavy atom. The highest BCUT2D eigenvalue weighted by atomic mass is 16.5. The summed E-state index contributed by atoms with van der Waals surface area (Å²) in [5.41, 5.74) is 1.21. The maximum absolute atomic E-state index is 10.9. The standard InChI is InChI=1S/C16H16O4/c1-11(12-6-4-3-5-7-12)20-14-9-8-13(16(17)18)10-15(14)19-2/h3-11H,1-2H3,(H,17,18). The molecule has 0 saturated heterocycles. The molecule has 1 N–H and O–H groups in total. The van der Waals surface area contributed by atoms with Gasteiger partial charge in [-0.15, -0.1) is 0 Å². The maximum Gasteiger partial charge on any atom is 0.335 e. The van der Waals surface area contributed by atoms with Gasteiger partial charge in [0.25, 0.3) is 0 Å². The van der Waals surface area contributed by atoms with E-state index in [-0.39, 0.29) is 11.7 Å². The van der Waals surface area contributed by atoms with E-state index in [0.29, 0.717) is 11.5 Å². The number of carboxylic acids is 1. The Labute approximate surface area is 117 Å². The minimum atomic E-state index is -0.994. The summed E-state index contributed by atoms with van der Waals surface area (Å²) in [7, 11) is 1.49. The van der Waals surface area contributed by atoms with Crippen LogP contribution in [0.25, 0.3) is 0 Å². The van der Waals surface area contributed by atoms with E-state index in [1.54, 1.807) is 6.07 Å². The van der Waals surface area contributed by atoms with Gasteiger partial charge in [0, 0.05) is 0 Å². The number of rotatable bonds is 5. The van der Waals surface area contributed by atoms with E-state index in [2.05, 4.69) is 0 Å². The molecule has 0 fully saturated rings. The van der Waals surface area contributed by atoms with Crippen LogP contribution in [0.15, 0.2) is 48.5 Å². The molecule has 0 aliphatic rings. The van der Waals surface area contributed by atoms with Gasteiger partial charge in [0.1, 0.15) is 6.10 Å². The molecule has 0 radical (unpaired) electrons. The van der Waals surface area contributed by atoms with Crippen molar-refractivity contribution in [2.24, 2.45) is 0 Å². The molecular formula is C16H16O4. The Morgan fingerprint density at radius 2 is 1.80 bits per heavy atom. The van der Waals surface area contributed by atoms with Gasteiger partial charge >= 0.3 is 5.97 Å². The molecule has 104 valence electrons. The van der Waals surface area contributed by atoms with Gasteiger partial charge in [0.05, 0.1) is 12.7 Å². The molecule has 20 heavy (non-hydrogen) atoms. The number of methoxy groups -OCH3 is 1. The minimum absolute atomic E-state index is 0.152. The highest BCUT2D eigenvalue weighted by molar-refractivity contribution is 5.88. The highest BCUT2D eigenvalue weighted by Crippen LogP contribution is 2.32. The predicted octanol–water partition coefficient (Wildman–Crippen LogP) is 3.53. The van der Waals surface area contributed by atoms with E-state index in [4.69, 9.17) is 14.6 Å². The summed E-state index contributed by atoms with van der Waals surface area (Å²) in [6.07, 6.45) is -0.152. The highest BCUT2D eigenvalue weighted by Gasteiger charge is 2.13. The summed E-state index contributed by atoms with van der Waals surface area (Å²) in [6, 6.07) is 14.3. The lowest BCUT2D eigenvalue weighted by molar-refractivity contribution is 0.0696. The Morgan fingerprint density at radius 1 is 1.10 bits per heavy atom. The number of hydrogen-bond acceptors (Lipinski definition) is 3. The van der Waals surface area contributed by atoms with Gasteiger partial charge in [0.15, 0.2) is 11.5 Å². The second-order valence-electron chi connectivity index (χ2n) is 4.34. The first-order chi connectivity index (χ1) is 9.61. The van der Waals surface area contributed by atoms with E-state index >= 15 is 0 Å². The van der Waals surface area contributed by atoms with Crippen molar-refractivity contribution < 1.29 is 19.4 Å². The molecule has 1 unspecified atom stereocenters. The fourth-order valence-electron chi connectivity index (χ4n) is 1.88. The zero-order valence-corrected chi connectivity index (χ0v) is 11.4. The summed E-state index contributed by atoms with van der Waals surface area (Å²) in [4.78, 5) is 10.9. The molecule has 0 bridgehead atoms. The molecule has 2 aromatic rings. The monoisotopic (exact) mass is 272 g/mol. The molecule has 0 aliphatic carbocycles. The Balaban J connectivity index is 2.23. The van der Waals surface area contributed by atoms with Crippen LogP contribution < -0.4 is 9.47 Å². The SMILES string of the molecule is COc1cc(C(=O)O)ccc1OC(C)c1ccccc1. The Kier molecular flexibility index (Phi) is 4.25. The summed E-state index contributed by atoms with van der Waals surface area (Å²) >= 11 is 0. The molecule has 0 aromatic heterocycles. The topological polar surface area (TPSA) is 55.8 Å². The third-order valence-electron chi connectivity index (χ3n) is 2.98. The van der Waals surface area contributed by atoms with Crippen molar-refractivity contribution in [3.8, 4) is 11.5 Å². The maximum atomic E-state index is 10.9. The van der Waals surface area contributed by atoms with E-state index in [9.17, 15) is 4.79 Å². The molecule has 2 rings (SSSR count). The number of carbonyl (C=O) groups is 1. The average Bonchev–Trinajstić information content (AvgIpc) is 2.48. The van der Waals surface area contributed by atoms with Crippen LogP contribution in [0.3, 0.4) is 0 Å². The Bertz CT molecular complexity index is 593. The first-order valence-electron chi connectivity index (χ1n) is 6.24. The fourth-order valence-corrected chi connectivity index (χ4v) is 1.88. The number of benzene rings is 2. The second-order valence-corrected chi connectivity index (χ2v) is 4.34. The van der Waals surface area contributed by atoms with Crippen LogP contribution in [0.1, 0.15) is 28.9 Å². The molecule has 4 heteroatoms. The van der Waals surface area contributed by atoms with Crippen LogP contribution in [0.5, 0.6) is 11.5 Å². The fraction of sp³-hybridized carbons (Fsp3) is 0.188. The lowest BCUT2D eigenvalue weighted by atomic mass is 10.1. The molecule has 4 nitrogen and oxygen atoms in total. The number of aromatic carboxylic acids is 1. The molecule has 0 heterocycles. The van der Waals surface area contributed by atoms with Crippen LogP contribution in [0.2, 0.25) is 0 Å². The second kappa shape index (κ2) is 6.10. The van der Waals surface area contributed by atoms with Gasteiger partial charge in [-0.3, -0.25) is 0 Å². The molecule has 0 amide bonds. The summed E-state index contributed by atoms with van der Waals surface area (Å²) in [5.74, 6) is -0.0625. The quantitative estimate of drug-likeness (QED) is 0.904. The van der Waals surface area contributed by atoms with Crippen LogP contribution >= 0.6 is 0 Å². The van der Waals surface area contributed by atoms with Crippen molar-refractivity contribution in [1.29, 1.82) is 0 Å². The number of hydrogen-bond donors (Lipinski definition) is 1. The van der Waals surface area contributed by atoms with Gasteiger partial charge in [-0.2, -0.15) is 0 Å². The van der Waals surface area contributed by atoms with Crippen LogP contribution in [-0.4, -0.2) is 18.2 Å². The van der Waals surface area contributed by atoms with Crippen molar-refractivity contribution in [3.63, 3.8) is 0 Å². The van der Waals surface area contributed by atoms with E-state index in [1.165, 1.54) is 19.2 Å². The van der Waals surface area contributed by atoms with Crippen LogP contribution in [0.4, 0.5) is 0 Å². The van der Waals surface area contributed by atoms with Crippen molar-refractivity contribution in [2.45, 2.75) is 13.0 Å². The van der Waals surface area contributed by atoms with Gasteiger partial charge in [-0.1, -0.05) is 30.3 Å². The lowest BCUT2D eigenvalue weighted by Crippen LogP contribution is -2.05. The summed E-state index contributed by atoms with van der Waals surface area (Å²) in [5, 5.41) is 8.96. The molecule has 1 atom stereocenters. The third kappa shape index (κ3) is 3.09. The molecule has 0 saturated carbocycles. The van der Waals surface area contributed by atoms with Crippen molar-refractivity contribution in [2.75, 3.05) is 7.11 Å². The zero-order valence-electron chi connectivity index (χ0n) is 11.4. The molecular weight excluding hydrogens is 256 g/mol. The van der Waals surface area contributed by atoms with Gasteiger partial charge in [0.2, 0.25) is 0 Å². The minimum Gasteiger partial charge on any atom is -0.493 e. The molecule has 0 spiro atoms. The normalized spacial score (nSPS) is 11.7. The van der Waals surface area contributed by atoms with Gasteiger partial charge in [-0.05, 0) is 30.7 Å². The van der Waals surface area contributed by atoms with Crippen molar-refractivity contribution >= 4 is 5.97 Å². The van der Waals surface area contributed by atoms with Gasteiger partial charge < -0.3 is 14.6 Å². The van der Waals surface area contributed by atoms with E-state index < -0.39 is 5.97 Å². The summed E-state index contributed by atoms with van der Waals surface area (Å²) < 4.78 is 11.0. The van der Waals surface area contributed by atoms with Crippen molar-refractivity contribution in [3.05, 3.63) is 59.7 Å². The Hall–Kier alpha value is -2.49. The van der Waals surface area contributed by atoms with Gasteiger partial charge in [-0.25, -0.2) is 4.79 Å². The molecule has 2 aromatic carbocycles. The number of ether oxygens (including phenoxy) is 2. The number of carboxylic acid groups (broad SMARTS) is 1. The third-order valence-corrected chi connectivity index (χ3v) is 2.98. The summed E-state index contributed by atoms with van der Waals surface area (Å²) in [6.45, 7) is 1.93. The van der Waals surface area contributed by atoms with Crippen molar-refractivity contribution in [1.82, 2.24) is 0 Å². The predicted molar refractivity (Wildman–Crippen MR) is 75.4 cm³/mol.